The van der Waals surface area contributed by atoms with E-state index in [-0.39, 0.29) is 11.3 Å². The minimum Gasteiger partial charge on any atom is -0.468 e. The molecule has 4 nitrogen and oxygen atoms in total. The number of esters is 1. The first-order chi connectivity index (χ1) is 10.4. The monoisotopic (exact) mass is 338 g/mol. The summed E-state index contributed by atoms with van der Waals surface area (Å²) in [5.41, 5.74) is 0.746. The molecule has 2 rings (SSSR count). The van der Waals surface area contributed by atoms with Crippen LogP contribution in [0.4, 0.5) is 0 Å². The van der Waals surface area contributed by atoms with Crippen LogP contribution >= 0.6 is 11.6 Å². The first-order valence-electron chi connectivity index (χ1n) is 6.56. The van der Waals surface area contributed by atoms with Gasteiger partial charge in [-0.1, -0.05) is 41.9 Å². The van der Waals surface area contributed by atoms with E-state index < -0.39 is 21.1 Å². The zero-order valence-electron chi connectivity index (χ0n) is 11.9. The summed E-state index contributed by atoms with van der Waals surface area (Å²) in [5, 5.41) is -0.863. The van der Waals surface area contributed by atoms with E-state index in [0.29, 0.717) is 5.02 Å². The third-order valence-electron chi connectivity index (χ3n) is 3.24. The average Bonchev–Trinajstić information content (AvgIpc) is 2.53. The number of carbonyl (C=O) groups excluding carboxylic acids is 1. The molecule has 2 aromatic carbocycles. The highest BCUT2D eigenvalue weighted by Crippen LogP contribution is 2.22. The molecule has 0 bridgehead atoms. The van der Waals surface area contributed by atoms with Gasteiger partial charge < -0.3 is 4.74 Å². The predicted octanol–water partition coefficient (Wildman–Crippen LogP) is 2.90. The fourth-order valence-corrected chi connectivity index (χ4v) is 3.80. The third-order valence-corrected chi connectivity index (χ3v) is 5.53. The number of benzene rings is 2. The summed E-state index contributed by atoms with van der Waals surface area (Å²) in [4.78, 5) is 12.0. The van der Waals surface area contributed by atoms with Crippen molar-refractivity contribution in [3.63, 3.8) is 0 Å². The van der Waals surface area contributed by atoms with Gasteiger partial charge in [-0.3, -0.25) is 4.79 Å². The summed E-state index contributed by atoms with van der Waals surface area (Å²) in [7, 11) is -2.68. The summed E-state index contributed by atoms with van der Waals surface area (Å²) in [6, 6.07) is 14.7. The average molecular weight is 339 g/mol. The second-order valence-electron chi connectivity index (χ2n) is 4.70. The Morgan fingerprint density at radius 2 is 1.68 bits per heavy atom. The predicted molar refractivity (Wildman–Crippen MR) is 84.6 cm³/mol. The topological polar surface area (TPSA) is 60.4 Å². The van der Waals surface area contributed by atoms with E-state index in [1.54, 1.807) is 24.3 Å². The second kappa shape index (κ2) is 6.94. The lowest BCUT2D eigenvalue weighted by atomic mass is 10.1. The first kappa shape index (κ1) is 16.5. The molecule has 0 aromatic heterocycles. The van der Waals surface area contributed by atoms with E-state index in [4.69, 9.17) is 11.6 Å². The Labute approximate surface area is 134 Å². The Hall–Kier alpha value is -1.85. The minimum atomic E-state index is -3.86. The zero-order valence-corrected chi connectivity index (χ0v) is 13.5. The molecule has 0 saturated heterocycles. The van der Waals surface area contributed by atoms with Gasteiger partial charge in [0.1, 0.15) is 0 Å². The number of hydrogen-bond acceptors (Lipinski definition) is 4. The minimum absolute atomic E-state index is 0.0447. The second-order valence-corrected chi connectivity index (χ2v) is 7.27. The number of sulfone groups is 1. The first-order valence-corrected chi connectivity index (χ1v) is 8.49. The van der Waals surface area contributed by atoms with Gasteiger partial charge in [0.2, 0.25) is 0 Å². The number of rotatable bonds is 5. The van der Waals surface area contributed by atoms with Gasteiger partial charge in [0.15, 0.2) is 15.1 Å². The lowest BCUT2D eigenvalue weighted by molar-refractivity contribution is -0.140. The van der Waals surface area contributed by atoms with E-state index in [2.05, 4.69) is 4.74 Å². The Morgan fingerprint density at radius 3 is 2.23 bits per heavy atom. The molecular weight excluding hydrogens is 324 g/mol. The largest absolute Gasteiger partial charge is 0.468 e. The highest BCUT2D eigenvalue weighted by molar-refractivity contribution is 7.92. The van der Waals surface area contributed by atoms with Gasteiger partial charge >= 0.3 is 5.97 Å². The molecule has 0 saturated carbocycles. The van der Waals surface area contributed by atoms with Gasteiger partial charge in [0.05, 0.1) is 12.0 Å². The van der Waals surface area contributed by atoms with Crippen molar-refractivity contribution in [3.05, 3.63) is 65.2 Å². The molecule has 116 valence electrons. The van der Waals surface area contributed by atoms with Gasteiger partial charge in [-0.2, -0.15) is 0 Å². The van der Waals surface area contributed by atoms with Gasteiger partial charge in [-0.25, -0.2) is 8.42 Å². The summed E-state index contributed by atoms with van der Waals surface area (Å²) < 4.78 is 30.1. The van der Waals surface area contributed by atoms with E-state index in [9.17, 15) is 13.2 Å². The van der Waals surface area contributed by atoms with Crippen molar-refractivity contribution in [2.45, 2.75) is 16.6 Å². The lowest BCUT2D eigenvalue weighted by Crippen LogP contribution is -2.33. The molecule has 0 spiro atoms. The smallest absolute Gasteiger partial charge is 0.324 e. The maximum atomic E-state index is 12.7. The van der Waals surface area contributed by atoms with Crippen LogP contribution in [0.2, 0.25) is 5.02 Å². The summed E-state index contributed by atoms with van der Waals surface area (Å²) in [6.45, 7) is 0. The molecule has 6 heteroatoms. The molecule has 0 heterocycles. The van der Waals surface area contributed by atoms with Gasteiger partial charge in [0, 0.05) is 11.4 Å². The maximum Gasteiger partial charge on any atom is 0.324 e. The zero-order chi connectivity index (χ0) is 16.2. The van der Waals surface area contributed by atoms with E-state index in [0.717, 1.165) is 5.56 Å². The molecule has 0 radical (unpaired) electrons. The molecule has 0 aliphatic heterocycles. The molecule has 1 atom stereocenters. The van der Waals surface area contributed by atoms with Crippen molar-refractivity contribution in [1.29, 1.82) is 0 Å². The summed E-state index contributed by atoms with van der Waals surface area (Å²) >= 11 is 5.77. The van der Waals surface area contributed by atoms with Gasteiger partial charge in [-0.15, -0.1) is 0 Å². The van der Waals surface area contributed by atoms with Crippen LogP contribution in [0, 0.1) is 0 Å². The molecular formula is C16H15ClO4S. The summed E-state index contributed by atoms with van der Waals surface area (Å²) in [6.07, 6.45) is 0.0540. The fourth-order valence-electron chi connectivity index (χ4n) is 2.07. The van der Waals surface area contributed by atoms with Gasteiger partial charge in [0.25, 0.3) is 0 Å². The van der Waals surface area contributed by atoms with Crippen LogP contribution < -0.4 is 0 Å². The number of halogens is 1. The van der Waals surface area contributed by atoms with Crippen LogP contribution in [0.25, 0.3) is 0 Å². The molecule has 0 fully saturated rings. The number of methoxy groups -OCH3 is 1. The molecule has 1 unspecified atom stereocenters. The molecule has 0 aliphatic carbocycles. The molecule has 0 aliphatic rings. The molecule has 22 heavy (non-hydrogen) atoms. The van der Waals surface area contributed by atoms with Crippen LogP contribution in [0.1, 0.15) is 5.56 Å². The van der Waals surface area contributed by atoms with Crippen molar-refractivity contribution in [2.75, 3.05) is 7.11 Å². The number of carbonyl (C=O) groups is 1. The van der Waals surface area contributed by atoms with Crippen LogP contribution in [0.5, 0.6) is 0 Å². The maximum absolute atomic E-state index is 12.7. The lowest BCUT2D eigenvalue weighted by Gasteiger charge is -2.16. The van der Waals surface area contributed by atoms with Crippen LogP contribution in [-0.4, -0.2) is 26.7 Å². The summed E-state index contributed by atoms with van der Waals surface area (Å²) in [5.74, 6) is -0.779. The van der Waals surface area contributed by atoms with Crippen LogP contribution in [0.3, 0.4) is 0 Å². The van der Waals surface area contributed by atoms with E-state index in [1.807, 2.05) is 6.07 Å². The normalized spacial score (nSPS) is 12.6. The Morgan fingerprint density at radius 1 is 1.09 bits per heavy atom. The van der Waals surface area contributed by atoms with Crippen LogP contribution in [-0.2, 0) is 25.8 Å². The third kappa shape index (κ3) is 3.67. The van der Waals surface area contributed by atoms with Crippen molar-refractivity contribution >= 4 is 27.4 Å². The van der Waals surface area contributed by atoms with E-state index >= 15 is 0 Å². The molecule has 0 amide bonds. The van der Waals surface area contributed by atoms with E-state index in [1.165, 1.54) is 31.4 Å². The molecule has 0 N–H and O–H groups in total. The standard InChI is InChI=1S/C16H15ClO4S/c1-21-16(18)15(11-12-5-3-2-4-6-12)22(19,20)14-9-7-13(17)8-10-14/h2-10,15H,11H2,1H3. The fraction of sp³-hybridized carbons (Fsp3) is 0.188. The Kier molecular flexibility index (Phi) is 5.21. The molecule has 2 aromatic rings. The quantitative estimate of drug-likeness (QED) is 0.786. The highest BCUT2D eigenvalue weighted by Gasteiger charge is 2.35. The highest BCUT2D eigenvalue weighted by atomic mass is 35.5. The Balaban J connectivity index is 2.40. The van der Waals surface area contributed by atoms with Crippen molar-refractivity contribution in [2.24, 2.45) is 0 Å². The Bertz CT molecular complexity index is 739. The number of ether oxygens (including phenoxy) is 1. The van der Waals surface area contributed by atoms with Gasteiger partial charge in [-0.05, 0) is 29.8 Å². The number of hydrogen-bond donors (Lipinski definition) is 0. The van der Waals surface area contributed by atoms with Crippen molar-refractivity contribution in [3.8, 4) is 0 Å². The van der Waals surface area contributed by atoms with Crippen molar-refractivity contribution < 1.29 is 17.9 Å². The van der Waals surface area contributed by atoms with Crippen LogP contribution in [0.15, 0.2) is 59.5 Å². The SMILES string of the molecule is COC(=O)C(Cc1ccccc1)S(=O)(=O)c1ccc(Cl)cc1. The van der Waals surface area contributed by atoms with Crippen molar-refractivity contribution in [1.82, 2.24) is 0 Å².